The Morgan fingerprint density at radius 3 is 2.38 bits per heavy atom. The van der Waals surface area contributed by atoms with Crippen LogP contribution in [0.3, 0.4) is 0 Å². The Kier molecular flexibility index (Phi) is 7.29. The summed E-state index contributed by atoms with van der Waals surface area (Å²) in [7, 11) is 1.61. The third-order valence-electron chi connectivity index (χ3n) is 3.80. The van der Waals surface area contributed by atoms with Crippen molar-refractivity contribution in [2.75, 3.05) is 7.11 Å². The molecule has 0 saturated carbocycles. The van der Waals surface area contributed by atoms with Crippen LogP contribution in [0.5, 0.6) is 5.75 Å². The molecule has 26 heavy (non-hydrogen) atoms. The Bertz CT molecular complexity index is 877. The van der Waals surface area contributed by atoms with Crippen LogP contribution in [0.15, 0.2) is 54.6 Å². The number of aromatic nitrogens is 2. The molecule has 0 radical (unpaired) electrons. The summed E-state index contributed by atoms with van der Waals surface area (Å²) in [5.41, 5.74) is 3.33. The van der Waals surface area contributed by atoms with Crippen LogP contribution in [0.1, 0.15) is 12.1 Å². The van der Waals surface area contributed by atoms with E-state index in [9.17, 15) is 9.90 Å². The van der Waals surface area contributed by atoms with Crippen molar-refractivity contribution in [3.05, 3.63) is 65.3 Å². The van der Waals surface area contributed by atoms with Gasteiger partial charge in [-0.2, -0.15) is 5.10 Å². The molecule has 0 saturated heterocycles. The molecule has 0 aliphatic carbocycles. The maximum Gasteiger partial charge on any atom is 1.00 e. The molecule has 128 valence electrons. The van der Waals surface area contributed by atoms with Gasteiger partial charge in [-0.25, -0.2) is 4.68 Å². The Labute approximate surface area is 178 Å². The molecule has 0 N–H and O–H groups in total. The van der Waals surface area contributed by atoms with E-state index in [1.165, 1.54) is 0 Å². The Morgan fingerprint density at radius 1 is 1.15 bits per heavy atom. The number of hydrogen-bond acceptors (Lipinski definition) is 4. The van der Waals surface area contributed by atoms with Crippen molar-refractivity contribution in [1.82, 2.24) is 9.78 Å². The van der Waals surface area contributed by atoms with Crippen molar-refractivity contribution in [2.45, 2.75) is 12.8 Å². The maximum absolute atomic E-state index is 10.7. The second kappa shape index (κ2) is 9.24. The van der Waals surface area contributed by atoms with Gasteiger partial charge < -0.3 is 14.6 Å². The van der Waals surface area contributed by atoms with Gasteiger partial charge >= 0.3 is 29.6 Å². The number of hydrogen-bond donors (Lipinski definition) is 0. The number of carbonyl (C=O) groups is 1. The standard InChI is InChI=1S/C19H17ClN2O3.Na/c1-25-17-9-7-16(8-10-17)22-18(13-2-4-14(20)5-3-13)12-15(21-22)6-11-19(23)24;/h2-5,7-10,12H,6,11H2,1H3,(H,23,24);/q;+1/p-1. The predicted octanol–water partition coefficient (Wildman–Crippen LogP) is -0.112. The summed E-state index contributed by atoms with van der Waals surface area (Å²) in [5, 5.41) is 15.9. The molecular weight excluding hydrogens is 363 g/mol. The number of carboxylic acid groups (broad SMARTS) is 1. The average Bonchev–Trinajstić information content (AvgIpc) is 3.05. The van der Waals surface area contributed by atoms with Crippen LogP contribution >= 0.6 is 11.6 Å². The van der Waals surface area contributed by atoms with Crippen LogP contribution in [0, 0.1) is 0 Å². The van der Waals surface area contributed by atoms with Gasteiger partial charge in [0.1, 0.15) is 5.75 Å². The van der Waals surface area contributed by atoms with Gasteiger partial charge in [0.2, 0.25) is 0 Å². The van der Waals surface area contributed by atoms with Crippen molar-refractivity contribution in [3.63, 3.8) is 0 Å². The fraction of sp³-hybridized carbons (Fsp3) is 0.158. The molecule has 0 aliphatic rings. The summed E-state index contributed by atoms with van der Waals surface area (Å²) in [4.78, 5) is 10.7. The third kappa shape index (κ3) is 4.89. The van der Waals surface area contributed by atoms with Crippen molar-refractivity contribution >= 4 is 17.6 Å². The molecule has 1 heterocycles. The second-order valence-corrected chi connectivity index (χ2v) is 5.95. The van der Waals surface area contributed by atoms with E-state index in [-0.39, 0.29) is 36.0 Å². The minimum atomic E-state index is -1.09. The first-order chi connectivity index (χ1) is 12.1. The first-order valence-corrected chi connectivity index (χ1v) is 8.14. The normalized spacial score (nSPS) is 10.2. The average molecular weight is 379 g/mol. The van der Waals surface area contributed by atoms with Crippen molar-refractivity contribution in [1.29, 1.82) is 0 Å². The molecule has 0 aliphatic heterocycles. The largest absolute Gasteiger partial charge is 1.00 e. The van der Waals surface area contributed by atoms with E-state index < -0.39 is 5.97 Å². The van der Waals surface area contributed by atoms with Crippen LogP contribution < -0.4 is 39.4 Å². The zero-order chi connectivity index (χ0) is 17.8. The molecule has 3 rings (SSSR count). The number of halogens is 1. The number of ether oxygens (including phenoxy) is 1. The maximum atomic E-state index is 10.7. The van der Waals surface area contributed by atoms with Crippen LogP contribution in [0.4, 0.5) is 0 Å². The zero-order valence-corrected chi connectivity index (χ0v) is 17.4. The monoisotopic (exact) mass is 378 g/mol. The molecule has 0 fully saturated rings. The second-order valence-electron chi connectivity index (χ2n) is 5.51. The first kappa shape index (κ1) is 20.5. The number of carboxylic acids is 1. The van der Waals surface area contributed by atoms with Crippen LogP contribution in [-0.2, 0) is 11.2 Å². The van der Waals surface area contributed by atoms with Gasteiger partial charge in [-0.05, 0) is 55.3 Å². The summed E-state index contributed by atoms with van der Waals surface area (Å²) in [6.07, 6.45) is 0.242. The van der Waals surface area contributed by atoms with E-state index in [1.54, 1.807) is 11.8 Å². The van der Waals surface area contributed by atoms with Crippen LogP contribution in [0.25, 0.3) is 16.9 Å². The molecule has 0 unspecified atom stereocenters. The summed E-state index contributed by atoms with van der Waals surface area (Å²) < 4.78 is 6.97. The first-order valence-electron chi connectivity index (χ1n) is 7.76. The van der Waals surface area contributed by atoms with E-state index in [1.807, 2.05) is 54.6 Å². The van der Waals surface area contributed by atoms with E-state index in [0.29, 0.717) is 17.1 Å². The molecule has 0 amide bonds. The van der Waals surface area contributed by atoms with E-state index in [4.69, 9.17) is 16.3 Å². The van der Waals surface area contributed by atoms with E-state index in [2.05, 4.69) is 5.10 Å². The molecular formula is C19H16ClN2NaO3. The number of nitrogens with zero attached hydrogens (tertiary/aromatic N) is 2. The molecule has 0 spiro atoms. The minimum Gasteiger partial charge on any atom is -0.550 e. The number of carbonyl (C=O) groups excluding carboxylic acids is 1. The van der Waals surface area contributed by atoms with Crippen molar-refractivity contribution < 1.29 is 44.2 Å². The smallest absolute Gasteiger partial charge is 0.550 e. The van der Waals surface area contributed by atoms with Crippen LogP contribution in [0.2, 0.25) is 5.02 Å². The Morgan fingerprint density at radius 2 is 1.81 bits per heavy atom. The molecule has 5 nitrogen and oxygen atoms in total. The van der Waals surface area contributed by atoms with Gasteiger partial charge in [0.15, 0.2) is 0 Å². The topological polar surface area (TPSA) is 67.2 Å². The van der Waals surface area contributed by atoms with Crippen molar-refractivity contribution in [3.8, 4) is 22.7 Å². The summed E-state index contributed by atoms with van der Waals surface area (Å²) >= 11 is 5.97. The number of methoxy groups -OCH3 is 1. The van der Waals surface area contributed by atoms with Gasteiger partial charge in [-0.15, -0.1) is 0 Å². The zero-order valence-electron chi connectivity index (χ0n) is 14.6. The van der Waals surface area contributed by atoms with Crippen LogP contribution in [-0.4, -0.2) is 22.9 Å². The molecule has 3 aromatic rings. The van der Waals surface area contributed by atoms with Gasteiger partial charge in [-0.1, -0.05) is 23.7 Å². The summed E-state index contributed by atoms with van der Waals surface area (Å²) in [5.74, 6) is -0.340. The molecule has 1 aromatic heterocycles. The fourth-order valence-electron chi connectivity index (χ4n) is 2.53. The minimum absolute atomic E-state index is 0. The number of aliphatic carboxylic acids is 1. The third-order valence-corrected chi connectivity index (χ3v) is 4.05. The molecule has 0 atom stereocenters. The predicted molar refractivity (Wildman–Crippen MR) is 93.9 cm³/mol. The molecule has 2 aromatic carbocycles. The number of rotatable bonds is 6. The van der Waals surface area contributed by atoms with Crippen molar-refractivity contribution in [2.24, 2.45) is 0 Å². The van der Waals surface area contributed by atoms with Gasteiger partial charge in [-0.3, -0.25) is 0 Å². The number of benzene rings is 2. The number of aryl methyl sites for hydroxylation is 1. The SMILES string of the molecule is COc1ccc(-n2nc(CCC(=O)[O-])cc2-c2ccc(Cl)cc2)cc1.[Na+]. The summed E-state index contributed by atoms with van der Waals surface area (Å²) in [6.45, 7) is 0. The fourth-order valence-corrected chi connectivity index (χ4v) is 2.65. The quantitative estimate of drug-likeness (QED) is 0.561. The van der Waals surface area contributed by atoms with E-state index in [0.717, 1.165) is 22.7 Å². The van der Waals surface area contributed by atoms with Gasteiger partial charge in [0, 0.05) is 16.6 Å². The Balaban J connectivity index is 0.00000243. The Hall–Kier alpha value is -1.79. The molecule has 0 bridgehead atoms. The molecule has 7 heteroatoms. The van der Waals surface area contributed by atoms with E-state index >= 15 is 0 Å². The van der Waals surface area contributed by atoms with Gasteiger partial charge in [0.05, 0.1) is 24.2 Å². The summed E-state index contributed by atoms with van der Waals surface area (Å²) in [6, 6.07) is 16.8. The van der Waals surface area contributed by atoms with Gasteiger partial charge in [0.25, 0.3) is 0 Å².